The smallest absolute Gasteiger partial charge is 0.240 e. The van der Waals surface area contributed by atoms with Crippen molar-refractivity contribution in [3.05, 3.63) is 29.3 Å². The van der Waals surface area contributed by atoms with Gasteiger partial charge in [-0.05, 0) is 58.7 Å². The Morgan fingerprint density at radius 3 is 2.44 bits per heavy atom. The molecule has 0 unspecified atom stereocenters. The number of rotatable bonds is 7. The summed E-state index contributed by atoms with van der Waals surface area (Å²) in [4.78, 5) is 18.6. The van der Waals surface area contributed by atoms with Crippen molar-refractivity contribution in [3.8, 4) is 5.75 Å². The van der Waals surface area contributed by atoms with Crippen LogP contribution in [-0.2, 0) is 11.3 Å². The monoisotopic (exact) mass is 490 g/mol. The number of nitrogens with one attached hydrogen (secondary N) is 2. The number of likely N-dealkylation sites (N-methyl/N-ethyl adjacent to an activating group) is 1. The van der Waals surface area contributed by atoms with Crippen LogP contribution in [0.25, 0.3) is 0 Å². The molecule has 154 valence electrons. The molecule has 0 atom stereocenters. The summed E-state index contributed by atoms with van der Waals surface area (Å²) < 4.78 is 5.58. The Bertz CT molecular complexity index is 627. The highest BCUT2D eigenvalue weighted by Gasteiger charge is 2.16. The number of halogens is 1. The minimum Gasteiger partial charge on any atom is -0.494 e. The summed E-state index contributed by atoms with van der Waals surface area (Å²) in [5.41, 5.74) is 1.96. The van der Waals surface area contributed by atoms with Gasteiger partial charge >= 0.3 is 0 Å². The summed E-state index contributed by atoms with van der Waals surface area (Å²) >= 11 is 0. The molecule has 0 fully saturated rings. The second-order valence-corrected chi connectivity index (χ2v) is 7.36. The standard InChI is InChI=1S/C20H34N4O2.HI/c1-8-21-19(24(7)14-18(25)23-20(4,5)6)22-13-16-10-11-17(26-9-2)15(3)12-16;/h10-12H,8-9,13-14H2,1-7H3,(H,21,22)(H,23,25);1H. The van der Waals surface area contributed by atoms with Gasteiger partial charge in [0.25, 0.3) is 0 Å². The van der Waals surface area contributed by atoms with Crippen molar-refractivity contribution in [2.24, 2.45) is 4.99 Å². The maximum atomic E-state index is 12.1. The van der Waals surface area contributed by atoms with Crippen LogP contribution in [0.15, 0.2) is 23.2 Å². The summed E-state index contributed by atoms with van der Waals surface area (Å²) in [7, 11) is 1.87. The molecule has 0 spiro atoms. The van der Waals surface area contributed by atoms with Gasteiger partial charge in [-0.25, -0.2) is 4.99 Å². The summed E-state index contributed by atoms with van der Waals surface area (Å²) in [5, 5.41) is 6.21. The molecule has 0 saturated heterocycles. The van der Waals surface area contributed by atoms with Crippen LogP contribution >= 0.6 is 24.0 Å². The molecule has 0 bridgehead atoms. The zero-order valence-corrected chi connectivity index (χ0v) is 20.0. The average Bonchev–Trinajstić information content (AvgIpc) is 2.51. The summed E-state index contributed by atoms with van der Waals surface area (Å²) in [6.07, 6.45) is 0. The van der Waals surface area contributed by atoms with Gasteiger partial charge in [0.2, 0.25) is 5.91 Å². The Balaban J connectivity index is 0.00000676. The van der Waals surface area contributed by atoms with Crippen LogP contribution < -0.4 is 15.4 Å². The average molecular weight is 490 g/mol. The summed E-state index contributed by atoms with van der Waals surface area (Å²) in [6.45, 7) is 14.1. The Morgan fingerprint density at radius 1 is 1.26 bits per heavy atom. The van der Waals surface area contributed by atoms with E-state index >= 15 is 0 Å². The number of aliphatic imine (C=N–C) groups is 1. The van der Waals surface area contributed by atoms with E-state index in [-0.39, 0.29) is 42.0 Å². The molecular weight excluding hydrogens is 455 g/mol. The molecule has 0 heterocycles. The molecule has 1 rings (SSSR count). The number of hydrogen-bond acceptors (Lipinski definition) is 3. The number of guanidine groups is 1. The Morgan fingerprint density at radius 2 is 1.93 bits per heavy atom. The first-order chi connectivity index (χ1) is 12.2. The second kappa shape index (κ2) is 12.0. The van der Waals surface area contributed by atoms with E-state index in [0.717, 1.165) is 23.4 Å². The van der Waals surface area contributed by atoms with Crippen LogP contribution in [0, 0.1) is 6.92 Å². The number of hydrogen-bond donors (Lipinski definition) is 2. The lowest BCUT2D eigenvalue weighted by molar-refractivity contribution is -0.122. The van der Waals surface area contributed by atoms with Gasteiger partial charge in [0.15, 0.2) is 5.96 Å². The van der Waals surface area contributed by atoms with E-state index in [1.54, 1.807) is 0 Å². The summed E-state index contributed by atoms with van der Waals surface area (Å²) in [6, 6.07) is 6.10. The molecule has 0 saturated carbocycles. The van der Waals surface area contributed by atoms with Gasteiger partial charge in [-0.2, -0.15) is 0 Å². The fourth-order valence-electron chi connectivity index (χ4n) is 2.51. The third-order valence-corrected chi connectivity index (χ3v) is 3.54. The normalized spacial score (nSPS) is 11.4. The van der Waals surface area contributed by atoms with E-state index in [4.69, 9.17) is 4.74 Å². The molecule has 0 radical (unpaired) electrons. The number of amides is 1. The molecule has 1 aromatic carbocycles. The van der Waals surface area contributed by atoms with E-state index in [9.17, 15) is 4.79 Å². The molecule has 1 amide bonds. The van der Waals surface area contributed by atoms with Crippen LogP contribution in [0.1, 0.15) is 45.7 Å². The Kier molecular flexibility index (Phi) is 11.4. The third kappa shape index (κ3) is 9.83. The van der Waals surface area contributed by atoms with Gasteiger partial charge < -0.3 is 20.3 Å². The number of nitrogens with zero attached hydrogens (tertiary/aromatic N) is 2. The van der Waals surface area contributed by atoms with E-state index in [0.29, 0.717) is 19.1 Å². The minimum absolute atomic E-state index is 0. The molecule has 0 aliphatic heterocycles. The van der Waals surface area contributed by atoms with Gasteiger partial charge in [0.1, 0.15) is 5.75 Å². The maximum absolute atomic E-state index is 12.1. The lowest BCUT2D eigenvalue weighted by Crippen LogP contribution is -2.48. The van der Waals surface area contributed by atoms with E-state index in [1.165, 1.54) is 0 Å². The minimum atomic E-state index is -0.243. The molecule has 0 aromatic heterocycles. The van der Waals surface area contributed by atoms with Crippen molar-refractivity contribution < 1.29 is 9.53 Å². The fraction of sp³-hybridized carbons (Fsp3) is 0.600. The van der Waals surface area contributed by atoms with E-state index in [1.807, 2.05) is 65.6 Å². The van der Waals surface area contributed by atoms with Crippen molar-refractivity contribution in [3.63, 3.8) is 0 Å². The topological polar surface area (TPSA) is 66.0 Å². The molecule has 0 aliphatic carbocycles. The number of ether oxygens (including phenoxy) is 1. The van der Waals surface area contributed by atoms with Crippen LogP contribution in [0.5, 0.6) is 5.75 Å². The highest BCUT2D eigenvalue weighted by Crippen LogP contribution is 2.19. The van der Waals surface area contributed by atoms with E-state index in [2.05, 4.69) is 21.7 Å². The van der Waals surface area contributed by atoms with Gasteiger partial charge in [-0.1, -0.05) is 12.1 Å². The van der Waals surface area contributed by atoms with Crippen LogP contribution in [0.4, 0.5) is 0 Å². The van der Waals surface area contributed by atoms with Gasteiger partial charge in [-0.15, -0.1) is 24.0 Å². The molecular formula is C20H35IN4O2. The Hall–Kier alpha value is -1.51. The Labute approximate surface area is 181 Å². The molecule has 7 heteroatoms. The van der Waals surface area contributed by atoms with E-state index < -0.39 is 0 Å². The van der Waals surface area contributed by atoms with Gasteiger partial charge in [0, 0.05) is 19.1 Å². The number of carbonyl (C=O) groups excluding carboxylic acids is 1. The quantitative estimate of drug-likeness (QED) is 0.350. The predicted octanol–water partition coefficient (Wildman–Crippen LogP) is 3.32. The largest absolute Gasteiger partial charge is 0.494 e. The van der Waals surface area contributed by atoms with Crippen LogP contribution in [-0.4, -0.2) is 49.0 Å². The first-order valence-electron chi connectivity index (χ1n) is 9.19. The fourth-order valence-corrected chi connectivity index (χ4v) is 2.51. The van der Waals surface area contributed by atoms with Crippen LogP contribution in [0.3, 0.4) is 0 Å². The molecule has 2 N–H and O–H groups in total. The maximum Gasteiger partial charge on any atom is 0.240 e. The van der Waals surface area contributed by atoms with Crippen molar-refractivity contribution in [2.75, 3.05) is 26.7 Å². The number of aryl methyl sites for hydroxylation is 1. The molecule has 27 heavy (non-hydrogen) atoms. The highest BCUT2D eigenvalue weighted by atomic mass is 127. The predicted molar refractivity (Wildman–Crippen MR) is 123 cm³/mol. The van der Waals surface area contributed by atoms with Crippen molar-refractivity contribution in [2.45, 2.75) is 53.6 Å². The molecule has 1 aromatic rings. The van der Waals surface area contributed by atoms with Crippen molar-refractivity contribution >= 4 is 35.8 Å². The van der Waals surface area contributed by atoms with Crippen molar-refractivity contribution in [1.82, 2.24) is 15.5 Å². The van der Waals surface area contributed by atoms with Crippen LogP contribution in [0.2, 0.25) is 0 Å². The molecule has 6 nitrogen and oxygen atoms in total. The number of benzene rings is 1. The van der Waals surface area contributed by atoms with Crippen molar-refractivity contribution in [1.29, 1.82) is 0 Å². The molecule has 0 aliphatic rings. The number of carbonyl (C=O) groups is 1. The van der Waals surface area contributed by atoms with Gasteiger partial charge in [0.05, 0.1) is 19.7 Å². The lowest BCUT2D eigenvalue weighted by atomic mass is 10.1. The third-order valence-electron chi connectivity index (χ3n) is 3.54. The SMILES string of the molecule is CCNC(=NCc1ccc(OCC)c(C)c1)N(C)CC(=O)NC(C)(C)C.I. The zero-order valence-electron chi connectivity index (χ0n) is 17.7. The first-order valence-corrected chi connectivity index (χ1v) is 9.19. The van der Waals surface area contributed by atoms with Gasteiger partial charge in [-0.3, -0.25) is 4.79 Å². The summed E-state index contributed by atoms with van der Waals surface area (Å²) in [5.74, 6) is 1.59. The highest BCUT2D eigenvalue weighted by molar-refractivity contribution is 14.0. The zero-order chi connectivity index (χ0) is 19.7. The lowest BCUT2D eigenvalue weighted by Gasteiger charge is -2.25. The second-order valence-electron chi connectivity index (χ2n) is 7.36. The first kappa shape index (κ1) is 25.5.